The van der Waals surface area contributed by atoms with E-state index in [2.05, 4.69) is 54.7 Å². The molecule has 3 fully saturated rings. The number of carbonyl (C=O) groups excluding carboxylic acids is 1. The molecule has 0 amide bonds. The van der Waals surface area contributed by atoms with Gasteiger partial charge in [0.05, 0.1) is 12.7 Å². The van der Waals surface area contributed by atoms with Crippen LogP contribution in [-0.2, 0) is 14.3 Å². The van der Waals surface area contributed by atoms with E-state index in [-0.39, 0.29) is 22.9 Å². The number of hydrogen-bond donors (Lipinski definition) is 0. The van der Waals surface area contributed by atoms with Gasteiger partial charge in [-0.15, -0.1) is 13.2 Å². The first-order valence-corrected chi connectivity index (χ1v) is 12.4. The molecule has 1 aliphatic heterocycles. The van der Waals surface area contributed by atoms with Gasteiger partial charge in [0.2, 0.25) is 0 Å². The van der Waals surface area contributed by atoms with Crippen LogP contribution in [0.3, 0.4) is 0 Å². The maximum Gasteiger partial charge on any atom is 0.168 e. The second-order valence-electron chi connectivity index (χ2n) is 11.6. The van der Waals surface area contributed by atoms with Crippen molar-refractivity contribution in [2.24, 2.45) is 28.6 Å². The lowest BCUT2D eigenvalue weighted by Crippen LogP contribution is -2.48. The van der Waals surface area contributed by atoms with E-state index in [1.807, 2.05) is 0 Å². The van der Waals surface area contributed by atoms with Crippen molar-refractivity contribution in [1.29, 1.82) is 0 Å². The van der Waals surface area contributed by atoms with Gasteiger partial charge in [-0.2, -0.15) is 0 Å². The predicted octanol–water partition coefficient (Wildman–Crippen LogP) is 7.34. The van der Waals surface area contributed by atoms with Crippen LogP contribution in [0.15, 0.2) is 13.2 Å². The highest BCUT2D eigenvalue weighted by atomic mass is 16.7. The van der Waals surface area contributed by atoms with Crippen LogP contribution in [0.1, 0.15) is 106 Å². The van der Waals surface area contributed by atoms with Gasteiger partial charge < -0.3 is 9.47 Å². The zero-order chi connectivity index (χ0) is 22.6. The molecular weight excluding hydrogens is 372 g/mol. The Morgan fingerprint density at radius 1 is 1.07 bits per heavy atom. The highest BCUT2D eigenvalue weighted by molar-refractivity contribution is 5.89. The van der Waals surface area contributed by atoms with E-state index in [9.17, 15) is 4.79 Å². The van der Waals surface area contributed by atoms with E-state index >= 15 is 0 Å². The first kappa shape index (κ1) is 25.6. The van der Waals surface area contributed by atoms with Crippen molar-refractivity contribution >= 4 is 5.78 Å². The lowest BCUT2D eigenvalue weighted by molar-refractivity contribution is -0.312. The molecule has 0 aromatic heterocycles. The van der Waals surface area contributed by atoms with E-state index in [1.54, 1.807) is 0 Å². The smallest absolute Gasteiger partial charge is 0.168 e. The molecule has 3 rings (SSSR count). The van der Waals surface area contributed by atoms with E-state index in [0.29, 0.717) is 17.6 Å². The molecular formula is C27H48O3. The highest BCUT2D eigenvalue weighted by Gasteiger charge is 2.51. The monoisotopic (exact) mass is 420 g/mol. The highest BCUT2D eigenvalue weighted by Crippen LogP contribution is 2.51. The number of ether oxygens (including phenoxy) is 2. The molecule has 0 aromatic rings. The minimum absolute atomic E-state index is 0.176. The van der Waals surface area contributed by atoms with E-state index in [1.165, 1.54) is 32.1 Å². The summed E-state index contributed by atoms with van der Waals surface area (Å²) in [6.45, 7) is 20.1. The summed E-state index contributed by atoms with van der Waals surface area (Å²) in [4.78, 5) is 13.3. The molecule has 3 heteroatoms. The molecule has 2 aliphatic carbocycles. The molecule has 0 spiro atoms. The van der Waals surface area contributed by atoms with Crippen molar-refractivity contribution in [3.63, 3.8) is 0 Å². The summed E-state index contributed by atoms with van der Waals surface area (Å²) < 4.78 is 12.7. The Balaban J connectivity index is 0.00000155. The minimum atomic E-state index is -0.401. The molecule has 30 heavy (non-hydrogen) atoms. The number of Topliss-reactive ketones (excluding diaryl/α,β-unsaturated/α-hetero) is 1. The molecule has 2 saturated carbocycles. The van der Waals surface area contributed by atoms with Gasteiger partial charge in [-0.3, -0.25) is 4.79 Å². The number of hydrogen-bond acceptors (Lipinski definition) is 3. The third-order valence-electron chi connectivity index (χ3n) is 7.70. The molecule has 5 unspecified atom stereocenters. The third-order valence-corrected chi connectivity index (χ3v) is 7.70. The first-order valence-electron chi connectivity index (χ1n) is 12.4. The quantitative estimate of drug-likeness (QED) is 0.404. The van der Waals surface area contributed by atoms with Gasteiger partial charge in [-0.05, 0) is 63.2 Å². The fourth-order valence-corrected chi connectivity index (χ4v) is 6.00. The Morgan fingerprint density at radius 3 is 2.27 bits per heavy atom. The van der Waals surface area contributed by atoms with Crippen molar-refractivity contribution in [3.8, 4) is 0 Å². The minimum Gasteiger partial charge on any atom is -0.350 e. The lowest BCUT2D eigenvalue weighted by atomic mass is 9.69. The van der Waals surface area contributed by atoms with Crippen LogP contribution < -0.4 is 0 Å². The number of carbonyl (C=O) groups is 1. The van der Waals surface area contributed by atoms with Crippen molar-refractivity contribution in [1.82, 2.24) is 0 Å². The van der Waals surface area contributed by atoms with Crippen LogP contribution in [-0.4, -0.2) is 24.3 Å². The van der Waals surface area contributed by atoms with Gasteiger partial charge in [0.1, 0.15) is 5.78 Å². The topological polar surface area (TPSA) is 35.5 Å². The van der Waals surface area contributed by atoms with Crippen LogP contribution in [0.25, 0.3) is 0 Å². The summed E-state index contributed by atoms with van der Waals surface area (Å²) in [5.74, 6) is 1.44. The molecule has 5 atom stereocenters. The Kier molecular flexibility index (Phi) is 8.78. The molecule has 174 valence electrons. The average molecular weight is 421 g/mol. The summed E-state index contributed by atoms with van der Waals surface area (Å²) in [7, 11) is 0. The summed E-state index contributed by atoms with van der Waals surface area (Å²) >= 11 is 0. The molecule has 1 heterocycles. The van der Waals surface area contributed by atoms with E-state index in [4.69, 9.17) is 9.47 Å². The Morgan fingerprint density at radius 2 is 1.70 bits per heavy atom. The molecule has 0 radical (unpaired) electrons. The van der Waals surface area contributed by atoms with Crippen LogP contribution >= 0.6 is 0 Å². The van der Waals surface area contributed by atoms with Crippen molar-refractivity contribution in [2.45, 2.75) is 118 Å². The van der Waals surface area contributed by atoms with Crippen LogP contribution in [0.5, 0.6) is 0 Å². The van der Waals surface area contributed by atoms with Gasteiger partial charge in [0.25, 0.3) is 0 Å². The zero-order valence-electron chi connectivity index (χ0n) is 20.7. The largest absolute Gasteiger partial charge is 0.350 e. The average Bonchev–Trinajstić information content (AvgIpc) is 3.47. The maximum atomic E-state index is 13.3. The summed E-state index contributed by atoms with van der Waals surface area (Å²) in [5, 5.41) is 0. The Labute approximate surface area is 186 Å². The summed E-state index contributed by atoms with van der Waals surface area (Å²) in [5.41, 5.74) is 0.0151. The lowest BCUT2D eigenvalue weighted by Gasteiger charge is -2.45. The Hall–Kier alpha value is -0.670. The SMILES string of the molecule is C=C.CCC(C)(CC(C)(C)C)C(=O)C1CC1CC1CCOC(C)(C2CCCCC2)O1. The normalized spacial score (nSPS) is 34.4. The molecule has 0 bridgehead atoms. The van der Waals surface area contributed by atoms with Crippen LogP contribution in [0, 0.1) is 28.6 Å². The van der Waals surface area contributed by atoms with Crippen molar-refractivity contribution in [3.05, 3.63) is 13.2 Å². The van der Waals surface area contributed by atoms with Gasteiger partial charge in [0, 0.05) is 17.3 Å². The molecule has 3 aliphatic rings. The van der Waals surface area contributed by atoms with Crippen LogP contribution in [0.2, 0.25) is 0 Å². The number of rotatable bonds is 7. The van der Waals surface area contributed by atoms with Crippen LogP contribution in [0.4, 0.5) is 0 Å². The van der Waals surface area contributed by atoms with Gasteiger partial charge in [-0.25, -0.2) is 0 Å². The fourth-order valence-electron chi connectivity index (χ4n) is 6.00. The Bertz CT molecular complexity index is 559. The summed E-state index contributed by atoms with van der Waals surface area (Å²) in [6, 6.07) is 0. The summed E-state index contributed by atoms with van der Waals surface area (Å²) in [6.07, 6.45) is 11.7. The zero-order valence-corrected chi connectivity index (χ0v) is 20.7. The molecule has 1 saturated heterocycles. The van der Waals surface area contributed by atoms with Gasteiger partial charge >= 0.3 is 0 Å². The molecule has 3 nitrogen and oxygen atoms in total. The maximum absolute atomic E-state index is 13.3. The third kappa shape index (κ3) is 6.42. The van der Waals surface area contributed by atoms with E-state index < -0.39 is 5.79 Å². The molecule has 0 aromatic carbocycles. The van der Waals surface area contributed by atoms with Gasteiger partial charge in [0.15, 0.2) is 5.79 Å². The van der Waals surface area contributed by atoms with Crippen molar-refractivity contribution < 1.29 is 14.3 Å². The standard InChI is InChI=1S/C25H44O3.C2H4/c1-7-24(5,17-23(2,3)4)22(26)21-16-18(21)15-20-13-14-27-25(6,28-20)19-11-9-8-10-12-19;1-2/h18-21H,7-17H2,1-6H3;1-2H2. The predicted molar refractivity (Wildman–Crippen MR) is 125 cm³/mol. The molecule has 0 N–H and O–H groups in total. The van der Waals surface area contributed by atoms with Gasteiger partial charge in [-0.1, -0.05) is 53.9 Å². The van der Waals surface area contributed by atoms with E-state index in [0.717, 1.165) is 38.7 Å². The second-order valence-corrected chi connectivity index (χ2v) is 11.6. The second kappa shape index (κ2) is 10.3. The first-order chi connectivity index (χ1) is 14.1. The fraction of sp³-hybridized carbons (Fsp3) is 0.889. The number of ketones is 1. The van der Waals surface area contributed by atoms with Crippen molar-refractivity contribution in [2.75, 3.05) is 6.61 Å².